The van der Waals surface area contributed by atoms with Crippen molar-refractivity contribution >= 4 is 11.7 Å². The van der Waals surface area contributed by atoms with Crippen molar-refractivity contribution in [3.63, 3.8) is 0 Å². The third kappa shape index (κ3) is 3.91. The zero-order chi connectivity index (χ0) is 16.9. The number of hydrogen-bond acceptors (Lipinski definition) is 4. The Bertz CT molecular complexity index is 671. The molecule has 7 nitrogen and oxygen atoms in total. The fraction of sp³-hybridized carbons (Fsp3) is 0.471. The number of likely N-dealkylation sites (tertiary alicyclic amines) is 1. The molecule has 0 radical (unpaired) electrons. The lowest BCUT2D eigenvalue weighted by Crippen LogP contribution is -2.38. The monoisotopic (exact) mass is 328 g/mol. The number of nitrogens with one attached hydrogen (secondary N) is 1. The zero-order valence-corrected chi connectivity index (χ0v) is 14.2. The number of carbonyl (C=O) groups is 1. The second kappa shape index (κ2) is 7.44. The zero-order valence-electron chi connectivity index (χ0n) is 14.2. The van der Waals surface area contributed by atoms with E-state index in [-0.39, 0.29) is 6.03 Å². The molecule has 0 aliphatic carbocycles. The smallest absolute Gasteiger partial charge is 0.321 e. The number of urea groups is 1. The van der Waals surface area contributed by atoms with Gasteiger partial charge in [0.1, 0.15) is 12.7 Å². The maximum absolute atomic E-state index is 12.6. The first-order chi connectivity index (χ1) is 11.7. The Morgan fingerprint density at radius 1 is 1.38 bits per heavy atom. The highest BCUT2D eigenvalue weighted by atomic mass is 16.2. The second-order valence-corrected chi connectivity index (χ2v) is 6.31. The quantitative estimate of drug-likeness (QED) is 0.912. The Balaban J connectivity index is 1.63. The third-order valence-electron chi connectivity index (χ3n) is 4.45. The van der Waals surface area contributed by atoms with E-state index in [1.54, 1.807) is 12.7 Å². The number of nitrogens with zero attached hydrogens (tertiary/aromatic N) is 5. The molecule has 1 aliphatic rings. The SMILES string of the molecule is CCN(CC1CCN(C)C1)C(=O)Nc1cccc(-n2cnnc2)c1. The molecule has 1 unspecified atom stereocenters. The summed E-state index contributed by atoms with van der Waals surface area (Å²) in [6, 6.07) is 7.62. The molecule has 0 bridgehead atoms. The summed E-state index contributed by atoms with van der Waals surface area (Å²) >= 11 is 0. The molecule has 1 aromatic heterocycles. The van der Waals surface area contributed by atoms with Crippen molar-refractivity contribution in [2.75, 3.05) is 38.5 Å². The number of benzene rings is 1. The highest BCUT2D eigenvalue weighted by Gasteiger charge is 2.23. The molecule has 3 rings (SSSR count). The number of aromatic nitrogens is 3. The Labute approximate surface area is 142 Å². The van der Waals surface area contributed by atoms with Gasteiger partial charge in [-0.05, 0) is 51.1 Å². The number of carbonyl (C=O) groups excluding carboxylic acids is 1. The first-order valence-electron chi connectivity index (χ1n) is 8.35. The fourth-order valence-electron chi connectivity index (χ4n) is 3.12. The normalized spacial score (nSPS) is 17.8. The average Bonchev–Trinajstić information content (AvgIpc) is 3.24. The van der Waals surface area contributed by atoms with E-state index in [9.17, 15) is 4.79 Å². The Morgan fingerprint density at radius 2 is 2.17 bits per heavy atom. The lowest BCUT2D eigenvalue weighted by atomic mass is 10.1. The molecule has 2 heterocycles. The van der Waals surface area contributed by atoms with Crippen LogP contribution in [0.3, 0.4) is 0 Å². The topological polar surface area (TPSA) is 66.3 Å². The summed E-state index contributed by atoms with van der Waals surface area (Å²) < 4.78 is 1.81. The van der Waals surface area contributed by atoms with E-state index in [2.05, 4.69) is 27.5 Å². The van der Waals surface area contributed by atoms with Crippen LogP contribution >= 0.6 is 0 Å². The summed E-state index contributed by atoms with van der Waals surface area (Å²) in [4.78, 5) is 16.8. The first-order valence-corrected chi connectivity index (χ1v) is 8.35. The van der Waals surface area contributed by atoms with E-state index < -0.39 is 0 Å². The molecular weight excluding hydrogens is 304 g/mol. The van der Waals surface area contributed by atoms with Gasteiger partial charge in [0.15, 0.2) is 0 Å². The Hall–Kier alpha value is -2.41. The molecule has 0 saturated carbocycles. The molecule has 0 spiro atoms. The van der Waals surface area contributed by atoms with Crippen LogP contribution in [0.4, 0.5) is 10.5 Å². The standard InChI is InChI=1S/C17H24N6O/c1-3-22(11-14-7-8-21(2)10-14)17(24)20-15-5-4-6-16(9-15)23-12-18-19-13-23/h4-6,9,12-14H,3,7-8,10-11H2,1-2H3,(H,20,24). The van der Waals surface area contributed by atoms with Crippen molar-refractivity contribution in [1.29, 1.82) is 0 Å². The molecule has 128 valence electrons. The van der Waals surface area contributed by atoms with Crippen LogP contribution in [0.1, 0.15) is 13.3 Å². The van der Waals surface area contributed by atoms with Gasteiger partial charge in [-0.2, -0.15) is 0 Å². The van der Waals surface area contributed by atoms with E-state index in [0.717, 1.165) is 37.4 Å². The Kier molecular flexibility index (Phi) is 5.10. The van der Waals surface area contributed by atoms with E-state index >= 15 is 0 Å². The van der Waals surface area contributed by atoms with E-state index in [1.165, 1.54) is 0 Å². The summed E-state index contributed by atoms with van der Waals surface area (Å²) in [5.74, 6) is 0.559. The molecule has 7 heteroatoms. The van der Waals surface area contributed by atoms with Crippen LogP contribution in [0, 0.1) is 5.92 Å². The summed E-state index contributed by atoms with van der Waals surface area (Å²) in [6.07, 6.45) is 4.43. The fourth-order valence-corrected chi connectivity index (χ4v) is 3.12. The minimum atomic E-state index is -0.0482. The molecule has 1 N–H and O–H groups in total. The molecule has 1 atom stereocenters. The van der Waals surface area contributed by atoms with Gasteiger partial charge >= 0.3 is 6.03 Å². The van der Waals surface area contributed by atoms with Crippen LogP contribution in [0.5, 0.6) is 0 Å². The Morgan fingerprint density at radius 3 is 2.83 bits per heavy atom. The van der Waals surface area contributed by atoms with Crippen LogP contribution in [0.25, 0.3) is 5.69 Å². The van der Waals surface area contributed by atoms with Crippen molar-refractivity contribution < 1.29 is 4.79 Å². The maximum atomic E-state index is 12.6. The largest absolute Gasteiger partial charge is 0.324 e. The van der Waals surface area contributed by atoms with Crippen LogP contribution in [-0.2, 0) is 0 Å². The lowest BCUT2D eigenvalue weighted by Gasteiger charge is -2.24. The van der Waals surface area contributed by atoms with Gasteiger partial charge in [0.25, 0.3) is 0 Å². The highest BCUT2D eigenvalue weighted by molar-refractivity contribution is 5.89. The van der Waals surface area contributed by atoms with Crippen LogP contribution in [-0.4, -0.2) is 63.8 Å². The summed E-state index contributed by atoms with van der Waals surface area (Å²) in [6.45, 7) is 5.71. The lowest BCUT2D eigenvalue weighted by molar-refractivity contribution is 0.204. The number of amides is 2. The van der Waals surface area contributed by atoms with Crippen molar-refractivity contribution in [3.05, 3.63) is 36.9 Å². The van der Waals surface area contributed by atoms with Gasteiger partial charge in [0.05, 0.1) is 5.69 Å². The first kappa shape index (κ1) is 16.4. The highest BCUT2D eigenvalue weighted by Crippen LogP contribution is 2.18. The minimum Gasteiger partial charge on any atom is -0.324 e. The average molecular weight is 328 g/mol. The van der Waals surface area contributed by atoms with Crippen molar-refractivity contribution in [2.45, 2.75) is 13.3 Å². The molecule has 1 aromatic carbocycles. The predicted molar refractivity (Wildman–Crippen MR) is 93.2 cm³/mol. The van der Waals surface area contributed by atoms with Crippen LogP contribution < -0.4 is 5.32 Å². The molecule has 2 amide bonds. The number of hydrogen-bond donors (Lipinski definition) is 1. The maximum Gasteiger partial charge on any atom is 0.321 e. The van der Waals surface area contributed by atoms with Crippen LogP contribution in [0.2, 0.25) is 0 Å². The molecular formula is C17H24N6O. The van der Waals surface area contributed by atoms with Crippen molar-refractivity contribution in [2.24, 2.45) is 5.92 Å². The minimum absolute atomic E-state index is 0.0482. The number of rotatable bonds is 5. The number of anilines is 1. The molecule has 24 heavy (non-hydrogen) atoms. The summed E-state index contributed by atoms with van der Waals surface area (Å²) in [5, 5.41) is 10.6. The molecule has 2 aromatic rings. The van der Waals surface area contributed by atoms with Gasteiger partial charge in [-0.3, -0.25) is 4.57 Å². The van der Waals surface area contributed by atoms with Gasteiger partial charge in [-0.1, -0.05) is 6.07 Å². The molecule has 1 fully saturated rings. The van der Waals surface area contributed by atoms with E-state index in [0.29, 0.717) is 12.5 Å². The van der Waals surface area contributed by atoms with E-state index in [1.807, 2.05) is 40.7 Å². The molecule has 1 saturated heterocycles. The van der Waals surface area contributed by atoms with E-state index in [4.69, 9.17) is 0 Å². The second-order valence-electron chi connectivity index (χ2n) is 6.31. The summed E-state index contributed by atoms with van der Waals surface area (Å²) in [7, 11) is 2.13. The van der Waals surface area contributed by atoms with Gasteiger partial charge in [-0.25, -0.2) is 4.79 Å². The third-order valence-corrected chi connectivity index (χ3v) is 4.45. The van der Waals surface area contributed by atoms with Crippen LogP contribution in [0.15, 0.2) is 36.9 Å². The molecule has 1 aliphatic heterocycles. The van der Waals surface area contributed by atoms with Gasteiger partial charge < -0.3 is 15.1 Å². The van der Waals surface area contributed by atoms with Gasteiger partial charge in [0.2, 0.25) is 0 Å². The van der Waals surface area contributed by atoms with Gasteiger partial charge in [0, 0.05) is 25.3 Å². The van der Waals surface area contributed by atoms with Gasteiger partial charge in [-0.15, -0.1) is 10.2 Å². The van der Waals surface area contributed by atoms with Crippen molar-refractivity contribution in [3.8, 4) is 5.69 Å². The summed E-state index contributed by atoms with van der Waals surface area (Å²) in [5.41, 5.74) is 1.69. The van der Waals surface area contributed by atoms with Crippen molar-refractivity contribution in [1.82, 2.24) is 24.6 Å². The predicted octanol–water partition coefficient (Wildman–Crippen LogP) is 2.07.